The van der Waals surface area contributed by atoms with Crippen LogP contribution in [0.5, 0.6) is 11.5 Å². The number of hydrogen-bond acceptors (Lipinski definition) is 5. The summed E-state index contributed by atoms with van der Waals surface area (Å²) < 4.78 is 12.6. The number of imidazole rings is 1. The smallest absolute Gasteiger partial charge is 0.356 e. The normalized spacial score (nSPS) is 10.7. The van der Waals surface area contributed by atoms with Crippen molar-refractivity contribution < 1.29 is 19.4 Å². The number of aromatic carboxylic acids is 1. The van der Waals surface area contributed by atoms with E-state index < -0.39 is 5.97 Å². The Morgan fingerprint density at radius 3 is 2.74 bits per heavy atom. The summed E-state index contributed by atoms with van der Waals surface area (Å²) in [6.45, 7) is 0.0960. The summed E-state index contributed by atoms with van der Waals surface area (Å²) in [4.78, 5) is 15.5. The highest BCUT2D eigenvalue weighted by Crippen LogP contribution is 2.27. The van der Waals surface area contributed by atoms with Crippen molar-refractivity contribution in [1.82, 2.24) is 9.38 Å². The Labute approximate surface area is 131 Å². The van der Waals surface area contributed by atoms with E-state index in [1.54, 1.807) is 42.0 Å². The van der Waals surface area contributed by atoms with Crippen molar-refractivity contribution in [3.63, 3.8) is 0 Å². The van der Waals surface area contributed by atoms with Gasteiger partial charge in [-0.3, -0.25) is 4.40 Å². The molecule has 0 aliphatic heterocycles. The Morgan fingerprint density at radius 2 is 2.04 bits per heavy atom. The van der Waals surface area contributed by atoms with E-state index in [2.05, 4.69) is 4.98 Å². The molecule has 0 fully saturated rings. The number of anilines is 1. The Kier molecular flexibility index (Phi) is 3.76. The van der Waals surface area contributed by atoms with Crippen molar-refractivity contribution in [2.24, 2.45) is 0 Å². The second kappa shape index (κ2) is 5.88. The maximum atomic E-state index is 11.3. The summed E-state index contributed by atoms with van der Waals surface area (Å²) >= 11 is 0. The van der Waals surface area contributed by atoms with Gasteiger partial charge in [0.2, 0.25) is 0 Å². The number of carboxylic acids is 1. The zero-order chi connectivity index (χ0) is 16.4. The molecule has 0 amide bonds. The van der Waals surface area contributed by atoms with Gasteiger partial charge in [0.05, 0.1) is 12.6 Å². The molecule has 0 saturated heterocycles. The molecule has 3 N–H and O–H groups in total. The van der Waals surface area contributed by atoms with E-state index in [4.69, 9.17) is 15.2 Å². The Bertz CT molecular complexity index is 873. The monoisotopic (exact) mass is 313 g/mol. The van der Waals surface area contributed by atoms with Crippen LogP contribution in [0.2, 0.25) is 0 Å². The zero-order valence-corrected chi connectivity index (χ0v) is 12.4. The van der Waals surface area contributed by atoms with Gasteiger partial charge in [0, 0.05) is 11.9 Å². The number of aromatic nitrogens is 2. The largest absolute Gasteiger partial charge is 0.493 e. The summed E-state index contributed by atoms with van der Waals surface area (Å²) in [5.74, 6) is 0.495. The maximum Gasteiger partial charge on any atom is 0.356 e. The topological polar surface area (TPSA) is 99.1 Å². The van der Waals surface area contributed by atoms with Crippen molar-refractivity contribution in [1.29, 1.82) is 0 Å². The molecule has 7 heteroatoms. The van der Waals surface area contributed by atoms with Crippen molar-refractivity contribution in [2.75, 3.05) is 12.8 Å². The Hall–Kier alpha value is -3.22. The molecule has 0 aliphatic carbocycles. The standard InChI is InChI=1S/C16H15N3O4/c1-22-12-4-2-3-5-13(12)23-9-14-18-15(16(20)21)11-8-10(17)6-7-19(11)14/h2-8H,9,17H2,1H3,(H,20,21). The maximum absolute atomic E-state index is 11.3. The van der Waals surface area contributed by atoms with Crippen LogP contribution in [-0.4, -0.2) is 27.6 Å². The number of hydrogen-bond donors (Lipinski definition) is 2. The minimum Gasteiger partial charge on any atom is -0.493 e. The zero-order valence-electron chi connectivity index (χ0n) is 12.4. The van der Waals surface area contributed by atoms with Gasteiger partial charge >= 0.3 is 5.97 Å². The lowest BCUT2D eigenvalue weighted by molar-refractivity contribution is 0.0693. The average molecular weight is 313 g/mol. The fourth-order valence-corrected chi connectivity index (χ4v) is 2.30. The number of nitrogens with two attached hydrogens (primary N) is 1. The van der Waals surface area contributed by atoms with Gasteiger partial charge in [0.25, 0.3) is 0 Å². The predicted octanol–water partition coefficient (Wildman–Crippen LogP) is 2.20. The predicted molar refractivity (Wildman–Crippen MR) is 83.9 cm³/mol. The summed E-state index contributed by atoms with van der Waals surface area (Å²) in [6.07, 6.45) is 1.67. The lowest BCUT2D eigenvalue weighted by Gasteiger charge is -2.09. The highest BCUT2D eigenvalue weighted by atomic mass is 16.5. The van der Waals surface area contributed by atoms with Crippen LogP contribution in [0.3, 0.4) is 0 Å². The second-order valence-electron chi connectivity index (χ2n) is 4.84. The molecule has 0 atom stereocenters. The number of benzene rings is 1. The van der Waals surface area contributed by atoms with Crippen molar-refractivity contribution in [3.8, 4) is 11.5 Å². The van der Waals surface area contributed by atoms with E-state index in [1.165, 1.54) is 0 Å². The van der Waals surface area contributed by atoms with Gasteiger partial charge in [-0.05, 0) is 24.3 Å². The molecule has 0 bridgehead atoms. The highest BCUT2D eigenvalue weighted by molar-refractivity contribution is 5.94. The number of methoxy groups -OCH3 is 1. The minimum atomic E-state index is -1.11. The Balaban J connectivity index is 1.96. The number of fused-ring (bicyclic) bond motifs is 1. The van der Waals surface area contributed by atoms with Crippen LogP contribution >= 0.6 is 0 Å². The number of para-hydroxylation sites is 2. The fourth-order valence-electron chi connectivity index (χ4n) is 2.30. The highest BCUT2D eigenvalue weighted by Gasteiger charge is 2.17. The molecule has 2 aromatic heterocycles. The number of rotatable bonds is 5. The number of ether oxygens (including phenoxy) is 2. The molecule has 2 heterocycles. The van der Waals surface area contributed by atoms with E-state index in [0.717, 1.165) is 0 Å². The van der Waals surface area contributed by atoms with Gasteiger partial charge in [0.1, 0.15) is 6.61 Å². The molecule has 0 aliphatic rings. The molecule has 7 nitrogen and oxygen atoms in total. The first-order valence-corrected chi connectivity index (χ1v) is 6.85. The van der Waals surface area contributed by atoms with Crippen molar-refractivity contribution in [2.45, 2.75) is 6.61 Å². The molecular formula is C16H15N3O4. The third kappa shape index (κ3) is 2.76. The quantitative estimate of drug-likeness (QED) is 0.749. The number of nitrogen functional groups attached to an aromatic ring is 1. The number of nitrogens with zero attached hydrogens (tertiary/aromatic N) is 2. The Morgan fingerprint density at radius 1 is 1.30 bits per heavy atom. The summed E-state index contributed by atoms with van der Waals surface area (Å²) in [6, 6.07) is 10.5. The lowest BCUT2D eigenvalue weighted by Crippen LogP contribution is -2.02. The fraction of sp³-hybridized carbons (Fsp3) is 0.125. The number of pyridine rings is 1. The molecule has 0 spiro atoms. The third-order valence-electron chi connectivity index (χ3n) is 3.37. The molecule has 1 aromatic carbocycles. The molecule has 118 valence electrons. The molecular weight excluding hydrogens is 298 g/mol. The van der Waals surface area contributed by atoms with Crippen LogP contribution in [0.4, 0.5) is 5.69 Å². The minimum absolute atomic E-state index is 0.0593. The molecule has 0 unspecified atom stereocenters. The van der Waals surface area contributed by atoms with Crippen LogP contribution in [0.25, 0.3) is 5.52 Å². The van der Waals surface area contributed by atoms with Crippen LogP contribution in [-0.2, 0) is 6.61 Å². The molecule has 23 heavy (non-hydrogen) atoms. The van der Waals surface area contributed by atoms with Gasteiger partial charge < -0.3 is 20.3 Å². The van der Waals surface area contributed by atoms with Crippen LogP contribution in [0.15, 0.2) is 42.6 Å². The SMILES string of the molecule is COc1ccccc1OCc1nc(C(=O)O)c2cc(N)ccn12. The van der Waals surface area contributed by atoms with Gasteiger partial charge in [0.15, 0.2) is 23.0 Å². The van der Waals surface area contributed by atoms with Crippen LogP contribution in [0, 0.1) is 0 Å². The van der Waals surface area contributed by atoms with Crippen molar-refractivity contribution in [3.05, 3.63) is 54.1 Å². The summed E-state index contributed by atoms with van der Waals surface area (Å²) in [7, 11) is 1.55. The number of carboxylic acid groups (broad SMARTS) is 1. The lowest BCUT2D eigenvalue weighted by atomic mass is 10.3. The number of carbonyl (C=O) groups is 1. The van der Waals surface area contributed by atoms with Crippen molar-refractivity contribution >= 4 is 17.2 Å². The molecule has 0 radical (unpaired) electrons. The molecule has 0 saturated carbocycles. The van der Waals surface area contributed by atoms with E-state index in [9.17, 15) is 9.90 Å². The van der Waals surface area contributed by atoms with Gasteiger partial charge in [-0.1, -0.05) is 12.1 Å². The molecule has 3 rings (SSSR count). The van der Waals surface area contributed by atoms with E-state index >= 15 is 0 Å². The van der Waals surface area contributed by atoms with Crippen LogP contribution < -0.4 is 15.2 Å². The van der Waals surface area contributed by atoms with Gasteiger partial charge in [-0.25, -0.2) is 9.78 Å². The van der Waals surface area contributed by atoms with Crippen LogP contribution in [0.1, 0.15) is 16.3 Å². The summed E-state index contributed by atoms with van der Waals surface area (Å²) in [5.41, 5.74) is 6.56. The van der Waals surface area contributed by atoms with Gasteiger partial charge in [-0.2, -0.15) is 0 Å². The van der Waals surface area contributed by atoms with E-state index in [-0.39, 0.29) is 12.3 Å². The first-order valence-electron chi connectivity index (χ1n) is 6.85. The average Bonchev–Trinajstić information content (AvgIpc) is 2.91. The first-order chi connectivity index (χ1) is 11.1. The molecule has 3 aromatic rings. The third-order valence-corrected chi connectivity index (χ3v) is 3.37. The van der Waals surface area contributed by atoms with E-state index in [1.807, 2.05) is 12.1 Å². The summed E-state index contributed by atoms with van der Waals surface area (Å²) in [5, 5.41) is 9.28. The first kappa shape index (κ1) is 14.7. The second-order valence-corrected chi connectivity index (χ2v) is 4.84. The van der Waals surface area contributed by atoms with E-state index in [0.29, 0.717) is 28.5 Å². The van der Waals surface area contributed by atoms with Gasteiger partial charge in [-0.15, -0.1) is 0 Å².